The van der Waals surface area contributed by atoms with E-state index in [-0.39, 0.29) is 12.1 Å². The van der Waals surface area contributed by atoms with Gasteiger partial charge in [0.1, 0.15) is 5.82 Å². The molecule has 2 aromatic carbocycles. The van der Waals surface area contributed by atoms with Gasteiger partial charge in [0, 0.05) is 13.6 Å². The van der Waals surface area contributed by atoms with Crippen LogP contribution >= 0.6 is 0 Å². The van der Waals surface area contributed by atoms with Gasteiger partial charge in [0.05, 0.1) is 5.56 Å². The van der Waals surface area contributed by atoms with Crippen LogP contribution < -0.4 is 0 Å². The normalized spacial score (nSPS) is 12.8. The third-order valence-electron chi connectivity index (χ3n) is 3.45. The highest BCUT2D eigenvalue weighted by Gasteiger charge is 2.32. The summed E-state index contributed by atoms with van der Waals surface area (Å²) in [5.74, 6) is -1.25. The molecule has 0 heterocycles. The highest BCUT2D eigenvalue weighted by atomic mass is 19.4. The number of benzene rings is 2. The van der Waals surface area contributed by atoms with E-state index in [1.165, 1.54) is 31.3 Å². The second kappa shape index (κ2) is 7.00. The fraction of sp³-hybridized carbons (Fsp3) is 0.235. The average molecular weight is 341 g/mol. The summed E-state index contributed by atoms with van der Waals surface area (Å²) in [6.07, 6.45) is -6.29. The SMILES string of the molecule is CN(Cc1cccc(F)c1)C(=O)C(O)c1cccc(C(F)(F)F)c1. The fourth-order valence-electron chi connectivity index (χ4n) is 2.22. The lowest BCUT2D eigenvalue weighted by Gasteiger charge is -2.21. The molecule has 0 aromatic heterocycles. The molecule has 0 saturated heterocycles. The molecule has 1 N–H and O–H groups in total. The van der Waals surface area contributed by atoms with Gasteiger partial charge >= 0.3 is 6.18 Å². The van der Waals surface area contributed by atoms with Gasteiger partial charge in [0.2, 0.25) is 0 Å². The summed E-state index contributed by atoms with van der Waals surface area (Å²) in [5, 5.41) is 10.0. The van der Waals surface area contributed by atoms with E-state index in [1.807, 2.05) is 0 Å². The van der Waals surface area contributed by atoms with Gasteiger partial charge in [-0.15, -0.1) is 0 Å². The second-order valence-electron chi connectivity index (χ2n) is 5.35. The van der Waals surface area contributed by atoms with Crippen LogP contribution in [0.3, 0.4) is 0 Å². The van der Waals surface area contributed by atoms with Crippen LogP contribution in [0.15, 0.2) is 48.5 Å². The molecule has 0 radical (unpaired) electrons. The molecule has 0 aliphatic carbocycles. The summed E-state index contributed by atoms with van der Waals surface area (Å²) in [6, 6.07) is 9.53. The highest BCUT2D eigenvalue weighted by molar-refractivity contribution is 5.81. The number of amides is 1. The Balaban J connectivity index is 2.14. The number of carbonyl (C=O) groups is 1. The van der Waals surface area contributed by atoms with Crippen LogP contribution in [0.2, 0.25) is 0 Å². The molecule has 0 aliphatic rings. The molecule has 2 aromatic rings. The molecule has 128 valence electrons. The van der Waals surface area contributed by atoms with E-state index in [1.54, 1.807) is 6.07 Å². The Labute approximate surface area is 136 Å². The van der Waals surface area contributed by atoms with Crippen molar-refractivity contribution in [3.8, 4) is 0 Å². The molecular weight excluding hydrogens is 326 g/mol. The monoisotopic (exact) mass is 341 g/mol. The lowest BCUT2D eigenvalue weighted by atomic mass is 10.0. The Kier molecular flexibility index (Phi) is 5.23. The van der Waals surface area contributed by atoms with Crippen molar-refractivity contribution in [2.24, 2.45) is 0 Å². The number of alkyl halides is 3. The largest absolute Gasteiger partial charge is 0.416 e. The molecule has 1 amide bonds. The number of carbonyl (C=O) groups excluding carboxylic acids is 1. The minimum absolute atomic E-state index is 0.0205. The van der Waals surface area contributed by atoms with E-state index >= 15 is 0 Å². The first kappa shape index (κ1) is 17.9. The standard InChI is InChI=1S/C17H15F4NO2/c1-22(10-11-4-2-7-14(18)8-11)16(24)15(23)12-5-3-6-13(9-12)17(19,20)21/h2-9,15,23H,10H2,1H3. The molecule has 0 spiro atoms. The number of likely N-dealkylation sites (N-methyl/N-ethyl adjacent to an activating group) is 1. The summed E-state index contributed by atoms with van der Waals surface area (Å²) in [5.41, 5.74) is -0.595. The Morgan fingerprint density at radius 1 is 1.17 bits per heavy atom. The maximum atomic E-state index is 13.1. The fourth-order valence-corrected chi connectivity index (χ4v) is 2.22. The third kappa shape index (κ3) is 4.32. The van der Waals surface area contributed by atoms with Crippen LogP contribution in [0, 0.1) is 5.82 Å². The van der Waals surface area contributed by atoms with E-state index in [9.17, 15) is 27.5 Å². The van der Waals surface area contributed by atoms with Crippen LogP contribution in [-0.4, -0.2) is 23.0 Å². The van der Waals surface area contributed by atoms with Gasteiger partial charge in [0.25, 0.3) is 5.91 Å². The Hall–Kier alpha value is -2.41. The highest BCUT2D eigenvalue weighted by Crippen LogP contribution is 2.31. The zero-order valence-corrected chi connectivity index (χ0v) is 12.7. The van der Waals surface area contributed by atoms with Crippen LogP contribution in [-0.2, 0) is 17.5 Å². The Morgan fingerprint density at radius 3 is 2.46 bits per heavy atom. The van der Waals surface area contributed by atoms with Crippen molar-refractivity contribution in [3.63, 3.8) is 0 Å². The number of halogens is 4. The second-order valence-corrected chi connectivity index (χ2v) is 5.35. The number of nitrogens with zero attached hydrogens (tertiary/aromatic N) is 1. The Morgan fingerprint density at radius 2 is 1.83 bits per heavy atom. The van der Waals surface area contributed by atoms with Crippen LogP contribution in [0.5, 0.6) is 0 Å². The summed E-state index contributed by atoms with van der Waals surface area (Å²) >= 11 is 0. The summed E-state index contributed by atoms with van der Waals surface area (Å²) in [7, 11) is 1.38. The minimum atomic E-state index is -4.56. The number of aliphatic hydroxyl groups excluding tert-OH is 1. The molecule has 3 nitrogen and oxygen atoms in total. The summed E-state index contributed by atoms with van der Waals surface area (Å²) in [4.78, 5) is 13.3. The van der Waals surface area contributed by atoms with E-state index in [0.717, 1.165) is 23.1 Å². The minimum Gasteiger partial charge on any atom is -0.378 e. The molecule has 1 unspecified atom stereocenters. The van der Waals surface area contributed by atoms with Gasteiger partial charge in [-0.05, 0) is 35.4 Å². The van der Waals surface area contributed by atoms with Crippen LogP contribution in [0.4, 0.5) is 17.6 Å². The van der Waals surface area contributed by atoms with Gasteiger partial charge in [-0.3, -0.25) is 4.79 Å². The summed E-state index contributed by atoms with van der Waals surface area (Å²) in [6.45, 7) is 0.0205. The van der Waals surface area contributed by atoms with Gasteiger partial charge in [0.15, 0.2) is 6.10 Å². The smallest absolute Gasteiger partial charge is 0.378 e. The predicted octanol–water partition coefficient (Wildman–Crippen LogP) is 3.54. The van der Waals surface area contributed by atoms with Crippen LogP contribution in [0.25, 0.3) is 0 Å². The predicted molar refractivity (Wildman–Crippen MR) is 79.3 cm³/mol. The quantitative estimate of drug-likeness (QED) is 0.864. The molecule has 0 fully saturated rings. The van der Waals surface area contributed by atoms with Gasteiger partial charge in [-0.2, -0.15) is 13.2 Å². The maximum absolute atomic E-state index is 13.1. The molecule has 7 heteroatoms. The number of rotatable bonds is 4. The first-order valence-corrected chi connectivity index (χ1v) is 7.03. The molecule has 1 atom stereocenters. The van der Waals surface area contributed by atoms with Crippen molar-refractivity contribution < 1.29 is 27.5 Å². The Bertz CT molecular complexity index is 731. The molecule has 0 bridgehead atoms. The van der Waals surface area contributed by atoms with E-state index in [0.29, 0.717) is 5.56 Å². The molecule has 0 aliphatic heterocycles. The lowest BCUT2D eigenvalue weighted by molar-refractivity contribution is -0.141. The molecular formula is C17H15F4NO2. The average Bonchev–Trinajstić information content (AvgIpc) is 2.52. The molecule has 2 rings (SSSR count). The van der Waals surface area contributed by atoms with Crippen molar-refractivity contribution in [2.45, 2.75) is 18.8 Å². The third-order valence-corrected chi connectivity index (χ3v) is 3.45. The first-order chi connectivity index (χ1) is 11.2. The first-order valence-electron chi connectivity index (χ1n) is 7.03. The van der Waals surface area contributed by atoms with Crippen molar-refractivity contribution in [2.75, 3.05) is 7.05 Å². The maximum Gasteiger partial charge on any atom is 0.416 e. The van der Waals surface area contributed by atoms with Crippen molar-refractivity contribution >= 4 is 5.91 Å². The van der Waals surface area contributed by atoms with Gasteiger partial charge in [-0.25, -0.2) is 4.39 Å². The zero-order chi connectivity index (χ0) is 17.9. The summed E-state index contributed by atoms with van der Waals surface area (Å²) < 4.78 is 51.3. The van der Waals surface area contributed by atoms with Gasteiger partial charge in [-0.1, -0.05) is 24.3 Å². The van der Waals surface area contributed by atoms with E-state index in [2.05, 4.69) is 0 Å². The van der Waals surface area contributed by atoms with Crippen molar-refractivity contribution in [3.05, 3.63) is 71.0 Å². The molecule has 0 saturated carbocycles. The van der Waals surface area contributed by atoms with E-state index < -0.39 is 29.6 Å². The zero-order valence-electron chi connectivity index (χ0n) is 12.7. The van der Waals surface area contributed by atoms with Crippen molar-refractivity contribution in [1.82, 2.24) is 4.90 Å². The van der Waals surface area contributed by atoms with E-state index in [4.69, 9.17) is 0 Å². The number of aliphatic hydroxyl groups is 1. The lowest BCUT2D eigenvalue weighted by Crippen LogP contribution is -2.31. The van der Waals surface area contributed by atoms with Crippen LogP contribution in [0.1, 0.15) is 22.8 Å². The number of hydrogen-bond acceptors (Lipinski definition) is 2. The van der Waals surface area contributed by atoms with Gasteiger partial charge < -0.3 is 10.0 Å². The molecule has 24 heavy (non-hydrogen) atoms. The topological polar surface area (TPSA) is 40.5 Å². The number of hydrogen-bond donors (Lipinski definition) is 1. The van der Waals surface area contributed by atoms with Crippen molar-refractivity contribution in [1.29, 1.82) is 0 Å².